The SMILES string of the molecule is COc1ccc(Nc2nc(Nc3c[nH]nc3C)ncc2Cl)c(NS(C)(=O)=O)c1. The number of aryl methyl sites for hydroxylation is 1. The lowest BCUT2D eigenvalue weighted by Gasteiger charge is -2.15. The van der Waals surface area contributed by atoms with Crippen LogP contribution in [0.4, 0.5) is 28.8 Å². The number of anilines is 5. The van der Waals surface area contributed by atoms with Crippen molar-refractivity contribution in [1.82, 2.24) is 20.2 Å². The summed E-state index contributed by atoms with van der Waals surface area (Å²) in [7, 11) is -2.02. The van der Waals surface area contributed by atoms with E-state index in [-0.39, 0.29) is 10.7 Å². The lowest BCUT2D eigenvalue weighted by Crippen LogP contribution is -2.11. The predicted molar refractivity (Wildman–Crippen MR) is 108 cm³/mol. The molecule has 10 nitrogen and oxygen atoms in total. The average molecular weight is 424 g/mol. The number of ether oxygens (including phenoxy) is 1. The third-order valence-corrected chi connectivity index (χ3v) is 4.46. The predicted octanol–water partition coefficient (Wildman–Crippen LogP) is 3.03. The van der Waals surface area contributed by atoms with Crippen LogP contribution in [0.25, 0.3) is 0 Å². The highest BCUT2D eigenvalue weighted by Crippen LogP contribution is 2.32. The number of sulfonamides is 1. The number of methoxy groups -OCH3 is 1. The van der Waals surface area contributed by atoms with Crippen LogP contribution in [-0.4, -0.2) is 41.9 Å². The second-order valence-electron chi connectivity index (χ2n) is 5.81. The maximum atomic E-state index is 11.7. The molecule has 4 N–H and O–H groups in total. The molecule has 0 spiro atoms. The number of benzene rings is 1. The summed E-state index contributed by atoms with van der Waals surface area (Å²) < 4.78 is 31.0. The van der Waals surface area contributed by atoms with Crippen LogP contribution in [-0.2, 0) is 10.0 Å². The van der Waals surface area contributed by atoms with Crippen molar-refractivity contribution < 1.29 is 13.2 Å². The Labute approximate surface area is 166 Å². The van der Waals surface area contributed by atoms with Gasteiger partial charge in [0.1, 0.15) is 10.8 Å². The van der Waals surface area contributed by atoms with Crippen LogP contribution in [0.2, 0.25) is 5.02 Å². The zero-order chi connectivity index (χ0) is 20.3. The van der Waals surface area contributed by atoms with Crippen molar-refractivity contribution in [1.29, 1.82) is 0 Å². The first-order valence-corrected chi connectivity index (χ1v) is 10.2. The Morgan fingerprint density at radius 2 is 1.96 bits per heavy atom. The molecular formula is C16H18ClN7O3S. The number of halogens is 1. The van der Waals surface area contributed by atoms with Crippen molar-refractivity contribution in [3.05, 3.63) is 41.3 Å². The first kappa shape index (κ1) is 19.7. The Balaban J connectivity index is 1.92. The second-order valence-corrected chi connectivity index (χ2v) is 7.97. The smallest absolute Gasteiger partial charge is 0.229 e. The van der Waals surface area contributed by atoms with Crippen molar-refractivity contribution in [2.24, 2.45) is 0 Å². The van der Waals surface area contributed by atoms with Gasteiger partial charge in [0.05, 0.1) is 42.3 Å². The number of aromatic amines is 1. The molecule has 0 amide bonds. The molecular weight excluding hydrogens is 406 g/mol. The van der Waals surface area contributed by atoms with Crippen LogP contribution in [0.3, 0.4) is 0 Å². The molecule has 12 heteroatoms. The van der Waals surface area contributed by atoms with Gasteiger partial charge in [0.2, 0.25) is 16.0 Å². The third-order valence-electron chi connectivity index (χ3n) is 3.60. The number of hydrogen-bond donors (Lipinski definition) is 4. The fourth-order valence-corrected chi connectivity index (χ4v) is 3.00. The van der Waals surface area contributed by atoms with Crippen LogP contribution in [0.5, 0.6) is 5.75 Å². The summed E-state index contributed by atoms with van der Waals surface area (Å²) in [6.07, 6.45) is 4.17. The van der Waals surface area contributed by atoms with Gasteiger partial charge in [-0.15, -0.1) is 0 Å². The van der Waals surface area contributed by atoms with Crippen LogP contribution in [0, 0.1) is 6.92 Å². The van der Waals surface area contributed by atoms with Gasteiger partial charge >= 0.3 is 0 Å². The Morgan fingerprint density at radius 3 is 2.61 bits per heavy atom. The Morgan fingerprint density at radius 1 is 1.18 bits per heavy atom. The largest absolute Gasteiger partial charge is 0.497 e. The van der Waals surface area contributed by atoms with Crippen LogP contribution >= 0.6 is 11.6 Å². The molecule has 3 rings (SSSR count). The third kappa shape index (κ3) is 4.81. The minimum Gasteiger partial charge on any atom is -0.497 e. The molecule has 0 radical (unpaired) electrons. The Kier molecular flexibility index (Phi) is 5.56. The van der Waals surface area contributed by atoms with Crippen molar-refractivity contribution in [2.75, 3.05) is 28.7 Å². The van der Waals surface area contributed by atoms with E-state index in [0.717, 1.165) is 17.6 Å². The number of nitrogens with zero attached hydrogens (tertiary/aromatic N) is 3. The number of aromatic nitrogens is 4. The summed E-state index contributed by atoms with van der Waals surface area (Å²) in [5.74, 6) is 1.08. The van der Waals surface area contributed by atoms with E-state index >= 15 is 0 Å². The van der Waals surface area contributed by atoms with E-state index in [1.807, 2.05) is 6.92 Å². The molecule has 0 unspecified atom stereocenters. The topological polar surface area (TPSA) is 134 Å². The Bertz CT molecular complexity index is 1100. The summed E-state index contributed by atoms with van der Waals surface area (Å²) >= 11 is 6.21. The molecule has 0 saturated heterocycles. The van der Waals surface area contributed by atoms with Gasteiger partial charge in [-0.05, 0) is 19.1 Å². The highest BCUT2D eigenvalue weighted by molar-refractivity contribution is 7.92. The number of nitrogens with one attached hydrogen (secondary N) is 4. The second kappa shape index (κ2) is 7.90. The molecule has 0 saturated carbocycles. The fourth-order valence-electron chi connectivity index (χ4n) is 2.29. The van der Waals surface area contributed by atoms with Gasteiger partial charge in [-0.3, -0.25) is 9.82 Å². The van der Waals surface area contributed by atoms with Gasteiger partial charge in [-0.1, -0.05) is 11.6 Å². The molecule has 2 aromatic heterocycles. The summed E-state index contributed by atoms with van der Waals surface area (Å²) in [6.45, 7) is 1.83. The molecule has 0 aliphatic rings. The number of H-pyrrole nitrogens is 1. The van der Waals surface area contributed by atoms with E-state index in [9.17, 15) is 8.42 Å². The maximum Gasteiger partial charge on any atom is 0.229 e. The van der Waals surface area contributed by atoms with Crippen LogP contribution in [0.15, 0.2) is 30.6 Å². The monoisotopic (exact) mass is 423 g/mol. The first-order chi connectivity index (χ1) is 13.2. The minimum absolute atomic E-state index is 0.260. The van der Waals surface area contributed by atoms with Gasteiger partial charge in [0.15, 0.2) is 5.82 Å². The number of hydrogen-bond acceptors (Lipinski definition) is 8. The van der Waals surface area contributed by atoms with Crippen molar-refractivity contribution in [2.45, 2.75) is 6.92 Å². The summed E-state index contributed by atoms with van der Waals surface area (Å²) in [6, 6.07) is 4.88. The molecule has 28 heavy (non-hydrogen) atoms. The van der Waals surface area contributed by atoms with Gasteiger partial charge < -0.3 is 15.4 Å². The fraction of sp³-hybridized carbons (Fsp3) is 0.188. The Hall–Kier alpha value is -3.05. The minimum atomic E-state index is -3.51. The van der Waals surface area contributed by atoms with E-state index in [0.29, 0.717) is 23.2 Å². The van der Waals surface area contributed by atoms with E-state index in [4.69, 9.17) is 16.3 Å². The summed E-state index contributed by atoms with van der Waals surface area (Å²) in [5.41, 5.74) is 2.20. The van der Waals surface area contributed by atoms with Gasteiger partial charge in [0, 0.05) is 12.3 Å². The maximum absolute atomic E-state index is 11.7. The zero-order valence-corrected chi connectivity index (χ0v) is 16.8. The van der Waals surface area contributed by atoms with E-state index in [1.54, 1.807) is 24.4 Å². The summed E-state index contributed by atoms with van der Waals surface area (Å²) in [4.78, 5) is 8.49. The zero-order valence-electron chi connectivity index (χ0n) is 15.2. The van der Waals surface area contributed by atoms with Crippen LogP contribution < -0.4 is 20.1 Å². The number of rotatable bonds is 7. The molecule has 0 aliphatic heterocycles. The standard InChI is InChI=1S/C16H18ClN7O3S/c1-9-14(8-19-23-9)21-16-18-7-11(17)15(22-16)20-12-5-4-10(27-2)6-13(12)24-28(3,25)26/h4-8,24H,1-3H3,(H,19,23)(H2,18,20,21,22). The quantitative estimate of drug-likeness (QED) is 0.455. The normalized spacial score (nSPS) is 11.1. The van der Waals surface area contributed by atoms with E-state index < -0.39 is 10.0 Å². The van der Waals surface area contributed by atoms with Crippen molar-refractivity contribution >= 4 is 50.5 Å². The highest BCUT2D eigenvalue weighted by Gasteiger charge is 2.13. The molecule has 3 aromatic rings. The van der Waals surface area contributed by atoms with E-state index in [1.165, 1.54) is 13.3 Å². The highest BCUT2D eigenvalue weighted by atomic mass is 35.5. The molecule has 148 valence electrons. The lowest BCUT2D eigenvalue weighted by molar-refractivity contribution is 0.415. The van der Waals surface area contributed by atoms with Gasteiger partial charge in [-0.2, -0.15) is 10.1 Å². The van der Waals surface area contributed by atoms with E-state index in [2.05, 4.69) is 35.5 Å². The molecule has 1 aromatic carbocycles. The van der Waals surface area contributed by atoms with Gasteiger partial charge in [-0.25, -0.2) is 13.4 Å². The lowest BCUT2D eigenvalue weighted by atomic mass is 10.2. The van der Waals surface area contributed by atoms with Gasteiger partial charge in [0.25, 0.3) is 0 Å². The molecule has 0 aliphatic carbocycles. The average Bonchev–Trinajstić information content (AvgIpc) is 3.02. The molecule has 0 fully saturated rings. The van der Waals surface area contributed by atoms with Crippen molar-refractivity contribution in [3.63, 3.8) is 0 Å². The molecule has 0 atom stereocenters. The summed E-state index contributed by atoms with van der Waals surface area (Å²) in [5, 5.41) is 13.1. The molecule has 0 bridgehead atoms. The molecule has 2 heterocycles. The first-order valence-electron chi connectivity index (χ1n) is 7.98. The van der Waals surface area contributed by atoms with Crippen molar-refractivity contribution in [3.8, 4) is 5.75 Å². The van der Waals surface area contributed by atoms with Crippen LogP contribution in [0.1, 0.15) is 5.69 Å².